The molecule has 142 valence electrons. The van der Waals surface area contributed by atoms with Crippen molar-refractivity contribution in [2.75, 3.05) is 25.6 Å². The first-order valence-electron chi connectivity index (χ1n) is 9.49. The Morgan fingerprint density at radius 3 is 2.68 bits per heavy atom. The minimum atomic E-state index is 0.719. The van der Waals surface area contributed by atoms with Crippen LogP contribution in [0.15, 0.2) is 67.1 Å². The van der Waals surface area contributed by atoms with Gasteiger partial charge >= 0.3 is 0 Å². The number of ether oxygens (including phenoxy) is 1. The van der Waals surface area contributed by atoms with Crippen LogP contribution in [-0.4, -0.2) is 34.8 Å². The quantitative estimate of drug-likeness (QED) is 0.472. The van der Waals surface area contributed by atoms with Gasteiger partial charge in [-0.3, -0.25) is 0 Å². The third-order valence-corrected chi connectivity index (χ3v) is 4.77. The molecule has 0 bridgehead atoms. The minimum absolute atomic E-state index is 0.719. The first kappa shape index (κ1) is 18.2. The van der Waals surface area contributed by atoms with Gasteiger partial charge in [-0.15, -0.1) is 0 Å². The summed E-state index contributed by atoms with van der Waals surface area (Å²) in [5.41, 5.74) is 5.47. The molecule has 0 amide bonds. The van der Waals surface area contributed by atoms with Crippen LogP contribution in [0.1, 0.15) is 12.0 Å². The summed E-state index contributed by atoms with van der Waals surface area (Å²) < 4.78 is 7.30. The van der Waals surface area contributed by atoms with Crippen molar-refractivity contribution in [3.63, 3.8) is 0 Å². The second-order valence-electron chi connectivity index (χ2n) is 6.81. The Kier molecular flexibility index (Phi) is 5.35. The van der Waals surface area contributed by atoms with E-state index < -0.39 is 0 Å². The molecular weight excluding hydrogens is 348 g/mol. The van der Waals surface area contributed by atoms with E-state index in [1.807, 2.05) is 6.07 Å². The van der Waals surface area contributed by atoms with Crippen LogP contribution < -0.4 is 5.32 Å². The van der Waals surface area contributed by atoms with Gasteiger partial charge in [-0.25, -0.2) is 9.97 Å². The highest BCUT2D eigenvalue weighted by atomic mass is 16.5. The summed E-state index contributed by atoms with van der Waals surface area (Å²) in [5.74, 6) is 0.853. The van der Waals surface area contributed by atoms with Gasteiger partial charge in [-0.2, -0.15) is 0 Å². The maximum Gasteiger partial charge on any atom is 0.150 e. The Morgan fingerprint density at radius 2 is 1.89 bits per heavy atom. The van der Waals surface area contributed by atoms with Crippen molar-refractivity contribution in [2.24, 2.45) is 0 Å². The minimum Gasteiger partial charge on any atom is -0.385 e. The van der Waals surface area contributed by atoms with Gasteiger partial charge in [-0.05, 0) is 36.6 Å². The normalized spacial score (nSPS) is 11.1. The molecule has 0 saturated carbocycles. The molecule has 0 atom stereocenters. The smallest absolute Gasteiger partial charge is 0.150 e. The molecule has 0 aliphatic heterocycles. The number of nitrogens with one attached hydrogen (secondary N) is 1. The number of aromatic nitrogens is 3. The average Bonchev–Trinajstić information content (AvgIpc) is 3.12. The number of fused-ring (bicyclic) bond motifs is 1. The summed E-state index contributed by atoms with van der Waals surface area (Å²) in [6.07, 6.45) is 4.70. The van der Waals surface area contributed by atoms with Crippen LogP contribution in [0.3, 0.4) is 0 Å². The van der Waals surface area contributed by atoms with E-state index in [4.69, 9.17) is 4.74 Å². The number of aryl methyl sites for hydroxylation is 1. The molecule has 28 heavy (non-hydrogen) atoms. The second-order valence-corrected chi connectivity index (χ2v) is 6.81. The predicted octanol–water partition coefficient (Wildman–Crippen LogP) is 4.84. The zero-order valence-electron chi connectivity index (χ0n) is 16.2. The maximum absolute atomic E-state index is 5.16. The van der Waals surface area contributed by atoms with E-state index in [-0.39, 0.29) is 0 Å². The van der Waals surface area contributed by atoms with Crippen molar-refractivity contribution in [2.45, 2.75) is 13.3 Å². The molecular formula is C23H24N4O. The van der Waals surface area contributed by atoms with Gasteiger partial charge in [0.1, 0.15) is 12.1 Å². The SMILES string of the molecule is COCCCNc1ncnc2c1c(-c1ccccc1)cn2-c1cccc(C)c1. The van der Waals surface area contributed by atoms with Crippen LogP contribution in [0.4, 0.5) is 5.82 Å². The van der Waals surface area contributed by atoms with Gasteiger partial charge in [0.05, 0.1) is 5.39 Å². The number of anilines is 1. The van der Waals surface area contributed by atoms with Gasteiger partial charge in [0, 0.05) is 37.7 Å². The highest BCUT2D eigenvalue weighted by Crippen LogP contribution is 2.35. The third kappa shape index (κ3) is 3.62. The van der Waals surface area contributed by atoms with Crippen LogP contribution in [0.5, 0.6) is 0 Å². The zero-order valence-corrected chi connectivity index (χ0v) is 16.2. The highest BCUT2D eigenvalue weighted by molar-refractivity contribution is 6.02. The molecule has 2 aromatic carbocycles. The Labute approximate surface area is 165 Å². The molecule has 4 rings (SSSR count). The molecule has 0 radical (unpaired) electrons. The van der Waals surface area contributed by atoms with Gasteiger partial charge in [-0.1, -0.05) is 42.5 Å². The fourth-order valence-electron chi connectivity index (χ4n) is 3.43. The fourth-order valence-corrected chi connectivity index (χ4v) is 3.43. The number of benzene rings is 2. The Morgan fingerprint density at radius 1 is 1.04 bits per heavy atom. The van der Waals surface area contributed by atoms with Crippen molar-refractivity contribution in [3.8, 4) is 16.8 Å². The van der Waals surface area contributed by atoms with E-state index in [2.05, 4.69) is 81.5 Å². The third-order valence-electron chi connectivity index (χ3n) is 4.77. The number of nitrogens with zero attached hydrogens (tertiary/aromatic N) is 3. The number of methoxy groups -OCH3 is 1. The Bertz CT molecular complexity index is 1070. The predicted molar refractivity (Wildman–Crippen MR) is 114 cm³/mol. The lowest BCUT2D eigenvalue weighted by atomic mass is 10.1. The van der Waals surface area contributed by atoms with Gasteiger partial charge in [0.15, 0.2) is 5.65 Å². The molecule has 5 heteroatoms. The second kappa shape index (κ2) is 8.23. The first-order chi connectivity index (χ1) is 13.8. The fraction of sp³-hybridized carbons (Fsp3) is 0.217. The number of rotatable bonds is 7. The van der Waals surface area contributed by atoms with E-state index in [1.54, 1.807) is 13.4 Å². The summed E-state index contributed by atoms with van der Waals surface area (Å²) in [5, 5.41) is 4.50. The Balaban J connectivity index is 1.88. The van der Waals surface area contributed by atoms with Crippen LogP contribution >= 0.6 is 0 Å². The lowest BCUT2D eigenvalue weighted by Gasteiger charge is -2.09. The molecule has 2 heterocycles. The van der Waals surface area contributed by atoms with Gasteiger partial charge in [0.25, 0.3) is 0 Å². The summed E-state index contributed by atoms with van der Waals surface area (Å²) in [6.45, 7) is 3.62. The molecule has 2 aromatic heterocycles. The van der Waals surface area contributed by atoms with Crippen LogP contribution in [0.2, 0.25) is 0 Å². The van der Waals surface area contributed by atoms with E-state index in [0.29, 0.717) is 0 Å². The van der Waals surface area contributed by atoms with E-state index >= 15 is 0 Å². The molecule has 0 saturated heterocycles. The molecule has 0 fully saturated rings. The topological polar surface area (TPSA) is 52.0 Å². The number of hydrogen-bond donors (Lipinski definition) is 1. The monoisotopic (exact) mass is 372 g/mol. The van der Waals surface area contributed by atoms with E-state index in [0.717, 1.165) is 53.2 Å². The summed E-state index contributed by atoms with van der Waals surface area (Å²) in [6, 6.07) is 18.8. The molecule has 0 spiro atoms. The molecule has 4 aromatic rings. The Hall–Kier alpha value is -3.18. The van der Waals surface area contributed by atoms with Crippen molar-refractivity contribution in [1.82, 2.24) is 14.5 Å². The summed E-state index contributed by atoms with van der Waals surface area (Å²) in [7, 11) is 1.72. The van der Waals surface area contributed by atoms with Crippen molar-refractivity contribution < 1.29 is 4.74 Å². The van der Waals surface area contributed by atoms with Crippen molar-refractivity contribution >= 4 is 16.9 Å². The van der Waals surface area contributed by atoms with Crippen LogP contribution in [0.25, 0.3) is 27.8 Å². The van der Waals surface area contributed by atoms with E-state index in [9.17, 15) is 0 Å². The summed E-state index contributed by atoms with van der Waals surface area (Å²) in [4.78, 5) is 9.16. The van der Waals surface area contributed by atoms with Gasteiger partial charge in [0.2, 0.25) is 0 Å². The van der Waals surface area contributed by atoms with Gasteiger partial charge < -0.3 is 14.6 Å². The zero-order chi connectivity index (χ0) is 19.3. The molecule has 0 unspecified atom stereocenters. The number of hydrogen-bond acceptors (Lipinski definition) is 4. The van der Waals surface area contributed by atoms with E-state index in [1.165, 1.54) is 5.56 Å². The van der Waals surface area contributed by atoms with Crippen LogP contribution in [-0.2, 0) is 4.74 Å². The molecule has 1 N–H and O–H groups in total. The van der Waals surface area contributed by atoms with Crippen LogP contribution in [0, 0.1) is 6.92 Å². The van der Waals surface area contributed by atoms with Crippen molar-refractivity contribution in [1.29, 1.82) is 0 Å². The first-order valence-corrected chi connectivity index (χ1v) is 9.49. The largest absolute Gasteiger partial charge is 0.385 e. The van der Waals surface area contributed by atoms with Crippen molar-refractivity contribution in [3.05, 3.63) is 72.7 Å². The highest BCUT2D eigenvalue weighted by Gasteiger charge is 2.17. The standard InChI is InChI=1S/C23H24N4O/c1-17-8-6-11-19(14-17)27-15-20(18-9-4-3-5-10-18)21-22(24-12-7-13-28-2)25-16-26-23(21)27/h3-6,8-11,14-16H,7,12-13H2,1-2H3,(H,24,25,26). The lowest BCUT2D eigenvalue weighted by molar-refractivity contribution is 0.198. The molecule has 0 aliphatic rings. The molecule has 5 nitrogen and oxygen atoms in total. The lowest BCUT2D eigenvalue weighted by Crippen LogP contribution is -2.07. The average molecular weight is 372 g/mol. The molecule has 0 aliphatic carbocycles. The summed E-state index contributed by atoms with van der Waals surface area (Å²) >= 11 is 0. The maximum atomic E-state index is 5.16.